The number of nitrogens with one attached hydrogen (secondary N) is 3. The van der Waals surface area contributed by atoms with Gasteiger partial charge in [0.05, 0.1) is 46.8 Å². The van der Waals surface area contributed by atoms with Crippen LogP contribution in [0.2, 0.25) is 5.02 Å². The number of nitrogens with zero attached hydrogens (tertiary/aromatic N) is 1. The van der Waals surface area contributed by atoms with E-state index in [1.807, 2.05) is 6.92 Å². The lowest BCUT2D eigenvalue weighted by Gasteiger charge is -2.28. The number of carbonyl (C=O) groups is 2. The lowest BCUT2D eigenvalue weighted by molar-refractivity contribution is -0.114. The molecule has 10 heteroatoms. The van der Waals surface area contributed by atoms with Crippen molar-refractivity contribution in [2.75, 3.05) is 23.0 Å². The predicted octanol–water partition coefficient (Wildman–Crippen LogP) is 6.04. The molecule has 2 aromatic carbocycles. The second kappa shape index (κ2) is 12.4. The van der Waals surface area contributed by atoms with Gasteiger partial charge in [-0.3, -0.25) is 9.59 Å². The summed E-state index contributed by atoms with van der Waals surface area (Å²) in [6, 6.07) is 19.5. The Labute approximate surface area is 229 Å². The molecular weight excluding hydrogens is 524 g/mol. The molecule has 0 spiro atoms. The van der Waals surface area contributed by atoms with Crippen LogP contribution in [0.4, 0.5) is 11.4 Å². The first-order valence-electron chi connectivity index (χ1n) is 11.8. The Bertz CT molecular complexity index is 1410. The summed E-state index contributed by atoms with van der Waals surface area (Å²) in [6.45, 7) is 4.20. The van der Waals surface area contributed by atoms with Gasteiger partial charge in [-0.15, -0.1) is 0 Å². The van der Waals surface area contributed by atoms with E-state index in [2.05, 4.69) is 22.0 Å². The van der Waals surface area contributed by atoms with Gasteiger partial charge >= 0.3 is 0 Å². The number of thioether (sulfide) groups is 1. The van der Waals surface area contributed by atoms with E-state index in [1.54, 1.807) is 67.6 Å². The molecule has 8 nitrogen and oxygen atoms in total. The van der Waals surface area contributed by atoms with Crippen LogP contribution in [0, 0.1) is 11.3 Å². The maximum Gasteiger partial charge on any atom is 0.254 e. The molecule has 1 aliphatic rings. The van der Waals surface area contributed by atoms with E-state index in [0.717, 1.165) is 0 Å². The van der Waals surface area contributed by atoms with Gasteiger partial charge < -0.3 is 25.1 Å². The van der Waals surface area contributed by atoms with Crippen molar-refractivity contribution < 1.29 is 18.7 Å². The summed E-state index contributed by atoms with van der Waals surface area (Å²) >= 11 is 7.08. The molecule has 0 unspecified atom stereocenters. The normalized spacial score (nSPS) is 14.9. The molecule has 0 aliphatic carbocycles. The number of amides is 2. The smallest absolute Gasteiger partial charge is 0.254 e. The number of allylic oxidation sites excluding steroid dienone is 2. The van der Waals surface area contributed by atoms with Crippen LogP contribution in [0.25, 0.3) is 0 Å². The zero-order chi connectivity index (χ0) is 27.1. The Morgan fingerprint density at radius 3 is 2.42 bits per heavy atom. The summed E-state index contributed by atoms with van der Waals surface area (Å²) in [5.74, 6) is -0.187. The lowest BCUT2D eigenvalue weighted by atomic mass is 9.85. The van der Waals surface area contributed by atoms with Crippen LogP contribution in [-0.2, 0) is 9.59 Å². The van der Waals surface area contributed by atoms with Gasteiger partial charge in [0.1, 0.15) is 11.5 Å². The number of rotatable bonds is 9. The van der Waals surface area contributed by atoms with E-state index < -0.39 is 5.92 Å². The maximum absolute atomic E-state index is 13.5. The average molecular weight is 549 g/mol. The molecule has 0 fully saturated rings. The Hall–Kier alpha value is -4.13. The molecule has 38 heavy (non-hydrogen) atoms. The second-order valence-electron chi connectivity index (χ2n) is 8.22. The molecule has 3 N–H and O–H groups in total. The van der Waals surface area contributed by atoms with Crippen LogP contribution in [0.3, 0.4) is 0 Å². The fraction of sp³-hybridized carbons (Fsp3) is 0.179. The van der Waals surface area contributed by atoms with Crippen molar-refractivity contribution in [3.8, 4) is 11.8 Å². The number of hydrogen-bond acceptors (Lipinski definition) is 7. The van der Waals surface area contributed by atoms with E-state index in [1.165, 1.54) is 18.0 Å². The standard InChI is InChI=1S/C28H25ClN4O4S/c1-3-36-21-12-10-20(11-13-21)33-27(35)25-17(2)31-28(22(15-30)26(25)23-5-4-14-37-23)38-16-24(34)32-19-8-6-18(29)7-9-19/h4-14,26,31H,3,16H2,1-2H3,(H,32,34)(H,33,35)/t26-/m0/s1. The topological polar surface area (TPSA) is 116 Å². The van der Waals surface area contributed by atoms with Gasteiger partial charge in [0.2, 0.25) is 5.91 Å². The molecule has 0 bridgehead atoms. The number of carbonyl (C=O) groups excluding carboxylic acids is 2. The summed E-state index contributed by atoms with van der Waals surface area (Å²) < 4.78 is 11.1. The quantitative estimate of drug-likeness (QED) is 0.298. The summed E-state index contributed by atoms with van der Waals surface area (Å²) in [6.07, 6.45) is 1.50. The Morgan fingerprint density at radius 1 is 1.11 bits per heavy atom. The van der Waals surface area contributed by atoms with Crippen LogP contribution in [-0.4, -0.2) is 24.2 Å². The van der Waals surface area contributed by atoms with E-state index in [0.29, 0.717) is 50.8 Å². The molecule has 1 atom stereocenters. The van der Waals surface area contributed by atoms with E-state index in [9.17, 15) is 14.9 Å². The molecule has 194 valence electrons. The summed E-state index contributed by atoms with van der Waals surface area (Å²) in [4.78, 5) is 26.0. The SMILES string of the molecule is CCOc1ccc(NC(=O)C2=C(C)NC(SCC(=O)Nc3ccc(Cl)cc3)=C(C#N)[C@H]2c2ccco2)cc1. The molecule has 3 aromatic rings. The third-order valence-electron chi connectivity index (χ3n) is 5.62. The van der Waals surface area contributed by atoms with Crippen LogP contribution in [0.15, 0.2) is 93.2 Å². The first kappa shape index (κ1) is 26.9. The van der Waals surface area contributed by atoms with Crippen molar-refractivity contribution in [2.45, 2.75) is 19.8 Å². The van der Waals surface area contributed by atoms with Crippen molar-refractivity contribution in [3.05, 3.63) is 99.6 Å². The van der Waals surface area contributed by atoms with Gasteiger partial charge in [-0.1, -0.05) is 23.4 Å². The zero-order valence-electron chi connectivity index (χ0n) is 20.7. The Kier molecular flexibility index (Phi) is 8.79. The van der Waals surface area contributed by atoms with Gasteiger partial charge in [-0.25, -0.2) is 0 Å². The summed E-state index contributed by atoms with van der Waals surface area (Å²) in [7, 11) is 0. The minimum absolute atomic E-state index is 0.0437. The molecule has 1 aromatic heterocycles. The van der Waals surface area contributed by atoms with Crippen LogP contribution < -0.4 is 20.7 Å². The monoisotopic (exact) mass is 548 g/mol. The van der Waals surface area contributed by atoms with Crippen LogP contribution in [0.5, 0.6) is 5.75 Å². The molecule has 0 saturated carbocycles. The Balaban J connectivity index is 1.55. The number of benzene rings is 2. The van der Waals surface area contributed by atoms with Gasteiger partial charge in [0.25, 0.3) is 5.91 Å². The highest BCUT2D eigenvalue weighted by atomic mass is 35.5. The highest BCUT2D eigenvalue weighted by molar-refractivity contribution is 8.03. The molecule has 4 rings (SSSR count). The molecular formula is C28H25ClN4O4S. The predicted molar refractivity (Wildman–Crippen MR) is 149 cm³/mol. The number of anilines is 2. The number of ether oxygens (including phenoxy) is 1. The summed E-state index contributed by atoms with van der Waals surface area (Å²) in [5.41, 5.74) is 2.38. The summed E-state index contributed by atoms with van der Waals surface area (Å²) in [5, 5.41) is 20.0. The Morgan fingerprint density at radius 2 is 1.79 bits per heavy atom. The van der Waals surface area contributed by atoms with Crippen molar-refractivity contribution in [1.82, 2.24) is 5.32 Å². The van der Waals surface area contributed by atoms with Crippen molar-refractivity contribution >= 4 is 46.6 Å². The van der Waals surface area contributed by atoms with Gasteiger partial charge in [-0.2, -0.15) is 5.26 Å². The zero-order valence-corrected chi connectivity index (χ0v) is 22.3. The molecule has 0 saturated heterocycles. The fourth-order valence-electron chi connectivity index (χ4n) is 3.94. The molecule has 1 aliphatic heterocycles. The van der Waals surface area contributed by atoms with E-state index in [-0.39, 0.29) is 23.1 Å². The van der Waals surface area contributed by atoms with Crippen LogP contribution >= 0.6 is 23.4 Å². The molecule has 2 heterocycles. The third kappa shape index (κ3) is 6.40. The lowest BCUT2D eigenvalue weighted by Crippen LogP contribution is -2.31. The first-order valence-corrected chi connectivity index (χ1v) is 13.1. The molecule has 2 amide bonds. The van der Waals surface area contributed by atoms with E-state index >= 15 is 0 Å². The van der Waals surface area contributed by atoms with Gasteiger partial charge in [-0.05, 0) is 74.5 Å². The number of halogens is 1. The minimum Gasteiger partial charge on any atom is -0.494 e. The van der Waals surface area contributed by atoms with Gasteiger partial charge in [0, 0.05) is 22.1 Å². The largest absolute Gasteiger partial charge is 0.494 e. The van der Waals surface area contributed by atoms with Crippen molar-refractivity contribution in [1.29, 1.82) is 5.26 Å². The van der Waals surface area contributed by atoms with E-state index in [4.69, 9.17) is 20.8 Å². The highest BCUT2D eigenvalue weighted by Crippen LogP contribution is 2.41. The number of nitriles is 1. The van der Waals surface area contributed by atoms with Crippen molar-refractivity contribution in [3.63, 3.8) is 0 Å². The van der Waals surface area contributed by atoms with Crippen LogP contribution in [0.1, 0.15) is 25.5 Å². The maximum atomic E-state index is 13.5. The van der Waals surface area contributed by atoms with Crippen molar-refractivity contribution in [2.24, 2.45) is 0 Å². The first-order chi connectivity index (χ1) is 18.4. The number of furan rings is 1. The highest BCUT2D eigenvalue weighted by Gasteiger charge is 2.36. The number of hydrogen-bond donors (Lipinski definition) is 3. The minimum atomic E-state index is -0.749. The average Bonchev–Trinajstić information content (AvgIpc) is 3.44. The molecule has 0 radical (unpaired) electrons. The fourth-order valence-corrected chi connectivity index (χ4v) is 4.95. The second-order valence-corrected chi connectivity index (χ2v) is 9.64. The third-order valence-corrected chi connectivity index (χ3v) is 6.89. The van der Waals surface area contributed by atoms with Gasteiger partial charge in [0.15, 0.2) is 0 Å². The number of dihydropyridines is 1.